The van der Waals surface area contributed by atoms with Crippen molar-refractivity contribution in [2.24, 2.45) is 5.92 Å². The summed E-state index contributed by atoms with van der Waals surface area (Å²) in [7, 11) is -1.69. The molecule has 0 heterocycles. The third-order valence-electron chi connectivity index (χ3n) is 4.62. The molecule has 0 aliphatic rings. The number of halogens is 2. The van der Waals surface area contributed by atoms with Crippen molar-refractivity contribution in [3.8, 4) is 0 Å². The lowest BCUT2D eigenvalue weighted by Crippen LogP contribution is -2.28. The molecule has 0 aliphatic carbocycles. The Morgan fingerprint density at radius 3 is 2.34 bits per heavy atom. The summed E-state index contributed by atoms with van der Waals surface area (Å²) in [5.74, 6) is -3.22. The third-order valence-corrected chi connectivity index (χ3v) is 5.69. The van der Waals surface area contributed by atoms with Gasteiger partial charge in [-0.2, -0.15) is 0 Å². The first-order valence-corrected chi connectivity index (χ1v) is 14.0. The van der Waals surface area contributed by atoms with Crippen molar-refractivity contribution >= 4 is 20.3 Å². The van der Waals surface area contributed by atoms with Crippen LogP contribution in [0.25, 0.3) is 0 Å². The van der Waals surface area contributed by atoms with Gasteiger partial charge in [0.05, 0.1) is 12.5 Å². The summed E-state index contributed by atoms with van der Waals surface area (Å²) in [5.41, 5.74) is 0.999. The maximum absolute atomic E-state index is 14.1. The van der Waals surface area contributed by atoms with E-state index in [4.69, 9.17) is 13.9 Å². The summed E-state index contributed by atoms with van der Waals surface area (Å²) >= 11 is 0. The summed E-state index contributed by atoms with van der Waals surface area (Å²) in [4.78, 5) is 24.8. The van der Waals surface area contributed by atoms with Gasteiger partial charge < -0.3 is 13.9 Å². The van der Waals surface area contributed by atoms with Crippen LogP contribution >= 0.6 is 0 Å². The van der Waals surface area contributed by atoms with E-state index in [9.17, 15) is 18.4 Å². The molecule has 8 heteroatoms. The Bertz CT molecular complexity index is 884. The minimum absolute atomic E-state index is 0.00818. The van der Waals surface area contributed by atoms with Gasteiger partial charge in [-0.15, -0.1) is 0 Å². The van der Waals surface area contributed by atoms with Crippen molar-refractivity contribution in [1.29, 1.82) is 0 Å². The molecule has 174 valence electrons. The topological polar surface area (TPSA) is 61.8 Å². The van der Waals surface area contributed by atoms with Gasteiger partial charge in [-0.05, 0) is 49.7 Å². The van der Waals surface area contributed by atoms with Crippen LogP contribution in [-0.4, -0.2) is 33.5 Å². The van der Waals surface area contributed by atoms with E-state index in [-0.39, 0.29) is 38.0 Å². The van der Waals surface area contributed by atoms with Gasteiger partial charge in [0.15, 0.2) is 8.32 Å². The van der Waals surface area contributed by atoms with Crippen LogP contribution in [-0.2, 0) is 36.5 Å². The minimum atomic E-state index is -1.69. The molecule has 0 N–H and O–H groups in total. The van der Waals surface area contributed by atoms with E-state index in [0.29, 0.717) is 6.61 Å². The van der Waals surface area contributed by atoms with Crippen LogP contribution in [0.4, 0.5) is 8.78 Å². The first-order valence-electron chi connectivity index (χ1n) is 10.6. The van der Waals surface area contributed by atoms with Gasteiger partial charge in [0, 0.05) is 12.5 Å². The lowest BCUT2D eigenvalue weighted by atomic mass is 9.94. The zero-order valence-electron chi connectivity index (χ0n) is 18.7. The fourth-order valence-electron chi connectivity index (χ4n) is 2.97. The molecule has 1 atom stereocenters. The van der Waals surface area contributed by atoms with Gasteiger partial charge in [0.2, 0.25) is 0 Å². The summed E-state index contributed by atoms with van der Waals surface area (Å²) in [6.45, 7) is 6.64. The molecule has 0 radical (unpaired) electrons. The fourth-order valence-corrected chi connectivity index (χ4v) is 3.67. The van der Waals surface area contributed by atoms with Crippen LogP contribution in [0.3, 0.4) is 0 Å². The zero-order valence-corrected chi connectivity index (χ0v) is 19.7. The molecule has 2 rings (SSSR count). The van der Waals surface area contributed by atoms with Crippen LogP contribution in [0.5, 0.6) is 0 Å². The quantitative estimate of drug-likeness (QED) is 0.250. The summed E-state index contributed by atoms with van der Waals surface area (Å²) < 4.78 is 43.6. The number of ether oxygens (including phenoxy) is 2. The Kier molecular flexibility index (Phi) is 9.99. The molecule has 0 amide bonds. The molecule has 0 saturated heterocycles. The number of carbonyl (C=O) groups is 2. The SMILES string of the molecule is C[Si](C)(C)OCCOC(=O)CC[C@@H](Cc1ccc(F)cc1F)C(=O)OCc1ccccc1. The number of hydrogen-bond donors (Lipinski definition) is 0. The van der Waals surface area contributed by atoms with Crippen LogP contribution in [0.1, 0.15) is 24.0 Å². The molecule has 0 bridgehead atoms. The van der Waals surface area contributed by atoms with Crippen LogP contribution in [0.2, 0.25) is 19.6 Å². The lowest BCUT2D eigenvalue weighted by molar-refractivity contribution is -0.151. The first kappa shape index (κ1) is 25.7. The Balaban J connectivity index is 1.95. The van der Waals surface area contributed by atoms with Crippen molar-refractivity contribution in [2.45, 2.75) is 45.5 Å². The minimum Gasteiger partial charge on any atom is -0.463 e. The number of benzene rings is 2. The van der Waals surface area contributed by atoms with Crippen molar-refractivity contribution in [1.82, 2.24) is 0 Å². The largest absolute Gasteiger partial charge is 0.463 e. The summed E-state index contributed by atoms with van der Waals surface area (Å²) in [6, 6.07) is 12.4. The van der Waals surface area contributed by atoms with Crippen LogP contribution in [0, 0.1) is 17.6 Å². The second-order valence-corrected chi connectivity index (χ2v) is 13.0. The van der Waals surface area contributed by atoms with E-state index < -0.39 is 37.8 Å². The normalized spacial score (nSPS) is 12.3. The molecule has 0 unspecified atom stereocenters. The fraction of sp³-hybridized carbons (Fsp3) is 0.417. The smallest absolute Gasteiger partial charge is 0.309 e. The van der Waals surface area contributed by atoms with Crippen LogP contribution < -0.4 is 0 Å². The van der Waals surface area contributed by atoms with Gasteiger partial charge in [-0.1, -0.05) is 36.4 Å². The van der Waals surface area contributed by atoms with E-state index in [1.165, 1.54) is 6.07 Å². The average molecular weight is 465 g/mol. The molecule has 0 fully saturated rings. The highest BCUT2D eigenvalue weighted by Crippen LogP contribution is 2.20. The second-order valence-electron chi connectivity index (χ2n) is 8.45. The number of esters is 2. The number of carbonyl (C=O) groups excluding carboxylic acids is 2. The van der Waals surface area contributed by atoms with Crippen molar-refractivity contribution in [2.75, 3.05) is 13.2 Å². The predicted molar refractivity (Wildman–Crippen MR) is 119 cm³/mol. The van der Waals surface area contributed by atoms with E-state index in [1.807, 2.05) is 50.0 Å². The third kappa shape index (κ3) is 9.70. The highest BCUT2D eigenvalue weighted by Gasteiger charge is 2.24. The van der Waals surface area contributed by atoms with Crippen molar-refractivity contribution < 1.29 is 32.3 Å². The van der Waals surface area contributed by atoms with E-state index >= 15 is 0 Å². The Morgan fingerprint density at radius 1 is 0.969 bits per heavy atom. The molecule has 2 aromatic rings. The highest BCUT2D eigenvalue weighted by molar-refractivity contribution is 6.69. The molecule has 0 aromatic heterocycles. The zero-order chi connectivity index (χ0) is 23.6. The first-order chi connectivity index (χ1) is 15.1. The van der Waals surface area contributed by atoms with Crippen LogP contribution in [0.15, 0.2) is 48.5 Å². The van der Waals surface area contributed by atoms with E-state index in [0.717, 1.165) is 17.7 Å². The van der Waals surface area contributed by atoms with Gasteiger partial charge in [-0.3, -0.25) is 9.59 Å². The standard InChI is InChI=1S/C24H30F2O5Si/c1-32(2,3)31-14-13-29-23(27)12-10-20(15-19-9-11-21(25)16-22(19)26)24(28)30-17-18-7-5-4-6-8-18/h4-9,11,16,20H,10,12-15,17H2,1-3H3/t20-/m0/s1. The molecule has 0 spiro atoms. The average Bonchev–Trinajstić information content (AvgIpc) is 2.74. The Hall–Kier alpha value is -2.58. The number of rotatable bonds is 12. The molecule has 0 saturated carbocycles. The Morgan fingerprint density at radius 2 is 1.69 bits per heavy atom. The predicted octanol–water partition coefficient (Wildman–Crippen LogP) is 5.04. The van der Waals surface area contributed by atoms with Crippen molar-refractivity contribution in [3.63, 3.8) is 0 Å². The molecule has 0 aliphatic heterocycles. The maximum atomic E-state index is 14.1. The lowest BCUT2D eigenvalue weighted by Gasteiger charge is -2.18. The molecular weight excluding hydrogens is 434 g/mol. The van der Waals surface area contributed by atoms with Gasteiger partial charge in [-0.25, -0.2) is 8.78 Å². The Labute approximate surface area is 188 Å². The van der Waals surface area contributed by atoms with E-state index in [1.54, 1.807) is 0 Å². The second kappa shape index (κ2) is 12.5. The van der Waals surface area contributed by atoms with E-state index in [2.05, 4.69) is 0 Å². The summed E-state index contributed by atoms with van der Waals surface area (Å²) in [5, 5.41) is 0. The van der Waals surface area contributed by atoms with Gasteiger partial charge in [0.25, 0.3) is 0 Å². The number of hydrogen-bond acceptors (Lipinski definition) is 5. The van der Waals surface area contributed by atoms with Gasteiger partial charge >= 0.3 is 11.9 Å². The maximum Gasteiger partial charge on any atom is 0.309 e. The molecule has 32 heavy (non-hydrogen) atoms. The van der Waals surface area contributed by atoms with Gasteiger partial charge in [0.1, 0.15) is 24.8 Å². The summed E-state index contributed by atoms with van der Waals surface area (Å²) in [6.07, 6.45) is 0.0881. The van der Waals surface area contributed by atoms with Crippen molar-refractivity contribution in [3.05, 3.63) is 71.3 Å². The highest BCUT2D eigenvalue weighted by atomic mass is 28.4. The monoisotopic (exact) mass is 464 g/mol. The molecule has 5 nitrogen and oxygen atoms in total. The molecule has 2 aromatic carbocycles. The molecular formula is C24H30F2O5Si.